The molecule has 0 saturated carbocycles. The van der Waals surface area contributed by atoms with E-state index in [0.29, 0.717) is 0 Å². The highest BCUT2D eigenvalue weighted by molar-refractivity contribution is 5.83. The smallest absolute Gasteiger partial charge is 0.145 e. The molecule has 0 saturated heterocycles. The molecule has 0 spiro atoms. The van der Waals surface area contributed by atoms with Crippen LogP contribution in [0, 0.1) is 0 Å². The molecule has 0 unspecified atom stereocenters. The van der Waals surface area contributed by atoms with Gasteiger partial charge in [0, 0.05) is 12.4 Å². The van der Waals surface area contributed by atoms with Crippen molar-refractivity contribution in [3.05, 3.63) is 24.0 Å². The second-order valence-corrected chi connectivity index (χ2v) is 4.73. The summed E-state index contributed by atoms with van der Waals surface area (Å²) in [4.78, 5) is 7.46. The van der Waals surface area contributed by atoms with Crippen molar-refractivity contribution in [2.24, 2.45) is 0 Å². The number of nitrogens with one attached hydrogen (secondary N) is 1. The average molecular weight is 204 g/mol. The number of ether oxygens (including phenoxy) is 1. The number of aromatic nitrogens is 2. The highest BCUT2D eigenvalue weighted by Crippen LogP contribution is 2.29. The minimum absolute atomic E-state index is 0.115. The second-order valence-electron chi connectivity index (χ2n) is 4.73. The summed E-state index contributed by atoms with van der Waals surface area (Å²) in [7, 11) is 1.67. The van der Waals surface area contributed by atoms with Crippen molar-refractivity contribution in [1.29, 1.82) is 0 Å². The maximum absolute atomic E-state index is 5.26. The van der Waals surface area contributed by atoms with Crippen molar-refractivity contribution in [1.82, 2.24) is 9.97 Å². The van der Waals surface area contributed by atoms with Crippen molar-refractivity contribution < 1.29 is 4.74 Å². The van der Waals surface area contributed by atoms with Crippen LogP contribution in [-0.2, 0) is 5.41 Å². The summed E-state index contributed by atoms with van der Waals surface area (Å²) >= 11 is 0. The van der Waals surface area contributed by atoms with Gasteiger partial charge >= 0.3 is 0 Å². The molecule has 2 aromatic heterocycles. The molecular formula is C12H16N2O. The van der Waals surface area contributed by atoms with E-state index in [1.54, 1.807) is 7.11 Å². The molecule has 0 aliphatic carbocycles. The van der Waals surface area contributed by atoms with Crippen LogP contribution in [0.15, 0.2) is 18.5 Å². The maximum atomic E-state index is 5.26. The second kappa shape index (κ2) is 3.26. The Kier molecular flexibility index (Phi) is 2.18. The van der Waals surface area contributed by atoms with E-state index in [4.69, 9.17) is 4.74 Å². The van der Waals surface area contributed by atoms with E-state index in [1.807, 2.05) is 12.4 Å². The van der Waals surface area contributed by atoms with Gasteiger partial charge in [0.1, 0.15) is 11.4 Å². The lowest BCUT2D eigenvalue weighted by Gasteiger charge is -2.18. The summed E-state index contributed by atoms with van der Waals surface area (Å²) in [6.45, 7) is 6.53. The van der Waals surface area contributed by atoms with Gasteiger partial charge in [-0.3, -0.25) is 0 Å². The molecule has 0 atom stereocenters. The quantitative estimate of drug-likeness (QED) is 0.775. The van der Waals surface area contributed by atoms with E-state index in [1.165, 1.54) is 5.56 Å². The minimum Gasteiger partial charge on any atom is -0.494 e. The third kappa shape index (κ3) is 1.69. The first-order valence-electron chi connectivity index (χ1n) is 5.04. The van der Waals surface area contributed by atoms with Crippen LogP contribution in [0.5, 0.6) is 5.75 Å². The molecule has 15 heavy (non-hydrogen) atoms. The molecule has 0 aliphatic heterocycles. The Bertz CT molecular complexity index is 480. The number of rotatable bonds is 1. The molecule has 2 rings (SSSR count). The Balaban J connectivity index is 2.63. The van der Waals surface area contributed by atoms with E-state index in [9.17, 15) is 0 Å². The van der Waals surface area contributed by atoms with Crippen LogP contribution in [0.2, 0.25) is 0 Å². The van der Waals surface area contributed by atoms with E-state index in [2.05, 4.69) is 36.8 Å². The molecule has 3 heteroatoms. The molecule has 80 valence electrons. The molecule has 2 heterocycles. The standard InChI is InChI=1S/C12H16N2O/c1-12(2,3)8-5-9-10(15-4)7-14-11(9)13-6-8/h5-7H,1-4H3,(H,13,14). The number of hydrogen-bond acceptors (Lipinski definition) is 2. The lowest BCUT2D eigenvalue weighted by atomic mass is 9.88. The van der Waals surface area contributed by atoms with Gasteiger partial charge in [0.05, 0.1) is 12.5 Å². The fourth-order valence-corrected chi connectivity index (χ4v) is 1.56. The van der Waals surface area contributed by atoms with Crippen molar-refractivity contribution >= 4 is 11.0 Å². The molecule has 0 bridgehead atoms. The molecular weight excluding hydrogens is 188 g/mol. The Hall–Kier alpha value is -1.51. The van der Waals surface area contributed by atoms with Crippen molar-refractivity contribution in [3.8, 4) is 5.75 Å². The van der Waals surface area contributed by atoms with Crippen LogP contribution in [-0.4, -0.2) is 17.1 Å². The number of nitrogens with zero attached hydrogens (tertiary/aromatic N) is 1. The summed E-state index contributed by atoms with van der Waals surface area (Å²) in [5.41, 5.74) is 2.21. The topological polar surface area (TPSA) is 37.9 Å². The summed E-state index contributed by atoms with van der Waals surface area (Å²) in [5.74, 6) is 0.851. The molecule has 0 radical (unpaired) electrons. The predicted molar refractivity (Wildman–Crippen MR) is 61.3 cm³/mol. The molecule has 1 N–H and O–H groups in total. The first-order chi connectivity index (χ1) is 7.02. The molecule has 0 aromatic carbocycles. The fourth-order valence-electron chi connectivity index (χ4n) is 1.56. The highest BCUT2D eigenvalue weighted by atomic mass is 16.5. The van der Waals surface area contributed by atoms with Gasteiger partial charge in [0.15, 0.2) is 0 Å². The fraction of sp³-hybridized carbons (Fsp3) is 0.417. The van der Waals surface area contributed by atoms with E-state index >= 15 is 0 Å². The Morgan fingerprint density at radius 2 is 2.07 bits per heavy atom. The lowest BCUT2D eigenvalue weighted by molar-refractivity contribution is 0.419. The highest BCUT2D eigenvalue weighted by Gasteiger charge is 2.16. The van der Waals surface area contributed by atoms with Gasteiger partial charge in [-0.1, -0.05) is 20.8 Å². The van der Waals surface area contributed by atoms with Gasteiger partial charge in [-0.25, -0.2) is 4.98 Å². The zero-order valence-corrected chi connectivity index (χ0v) is 9.59. The predicted octanol–water partition coefficient (Wildman–Crippen LogP) is 2.87. The first kappa shape index (κ1) is 10.0. The van der Waals surface area contributed by atoms with Gasteiger partial charge in [-0.2, -0.15) is 0 Å². The van der Waals surface area contributed by atoms with Crippen LogP contribution in [0.3, 0.4) is 0 Å². The third-order valence-corrected chi connectivity index (χ3v) is 2.58. The number of fused-ring (bicyclic) bond motifs is 1. The SMILES string of the molecule is COc1c[nH]c2ncc(C(C)(C)C)cc12. The molecule has 0 fully saturated rings. The minimum atomic E-state index is 0.115. The van der Waals surface area contributed by atoms with Gasteiger partial charge in [0.2, 0.25) is 0 Å². The van der Waals surface area contributed by atoms with Gasteiger partial charge in [-0.05, 0) is 17.0 Å². The lowest BCUT2D eigenvalue weighted by Crippen LogP contribution is -2.11. The van der Waals surface area contributed by atoms with Crippen LogP contribution in [0.4, 0.5) is 0 Å². The van der Waals surface area contributed by atoms with E-state index in [-0.39, 0.29) is 5.41 Å². The molecule has 0 aliphatic rings. The van der Waals surface area contributed by atoms with Crippen LogP contribution in [0.25, 0.3) is 11.0 Å². The number of pyridine rings is 1. The van der Waals surface area contributed by atoms with Crippen molar-refractivity contribution in [2.75, 3.05) is 7.11 Å². The number of hydrogen-bond donors (Lipinski definition) is 1. The molecule has 0 amide bonds. The summed E-state index contributed by atoms with van der Waals surface area (Å²) in [6.07, 6.45) is 3.75. The largest absolute Gasteiger partial charge is 0.494 e. The normalized spacial score (nSPS) is 12.0. The number of methoxy groups -OCH3 is 1. The maximum Gasteiger partial charge on any atom is 0.145 e. The zero-order chi connectivity index (χ0) is 11.1. The number of H-pyrrole nitrogens is 1. The Morgan fingerprint density at radius 1 is 1.33 bits per heavy atom. The van der Waals surface area contributed by atoms with Gasteiger partial charge < -0.3 is 9.72 Å². The zero-order valence-electron chi connectivity index (χ0n) is 9.59. The Morgan fingerprint density at radius 3 is 2.67 bits per heavy atom. The van der Waals surface area contributed by atoms with Crippen molar-refractivity contribution in [2.45, 2.75) is 26.2 Å². The van der Waals surface area contributed by atoms with E-state index in [0.717, 1.165) is 16.8 Å². The average Bonchev–Trinajstić information content (AvgIpc) is 2.57. The van der Waals surface area contributed by atoms with Crippen LogP contribution in [0.1, 0.15) is 26.3 Å². The summed E-state index contributed by atoms with van der Waals surface area (Å²) in [5, 5.41) is 1.05. The monoisotopic (exact) mass is 204 g/mol. The van der Waals surface area contributed by atoms with Gasteiger partial charge in [0.25, 0.3) is 0 Å². The molecule has 3 nitrogen and oxygen atoms in total. The Labute approximate surface area is 89.5 Å². The number of aromatic amines is 1. The van der Waals surface area contributed by atoms with Gasteiger partial charge in [-0.15, -0.1) is 0 Å². The summed E-state index contributed by atoms with van der Waals surface area (Å²) < 4.78 is 5.26. The first-order valence-corrected chi connectivity index (χ1v) is 5.04. The van der Waals surface area contributed by atoms with Crippen LogP contribution < -0.4 is 4.74 Å². The van der Waals surface area contributed by atoms with Crippen LogP contribution >= 0.6 is 0 Å². The van der Waals surface area contributed by atoms with E-state index < -0.39 is 0 Å². The molecule has 2 aromatic rings. The van der Waals surface area contributed by atoms with Crippen molar-refractivity contribution in [3.63, 3.8) is 0 Å². The summed E-state index contributed by atoms with van der Waals surface area (Å²) in [6, 6.07) is 2.14. The third-order valence-electron chi connectivity index (χ3n) is 2.58.